The summed E-state index contributed by atoms with van der Waals surface area (Å²) in [4.78, 5) is 9.97. The summed E-state index contributed by atoms with van der Waals surface area (Å²) in [5.74, 6) is 0. The number of hydrogen-bond donors (Lipinski definition) is 3. The number of pyridine rings is 1. The molecule has 2 atom stereocenters. The zero-order chi connectivity index (χ0) is 20.6. The second kappa shape index (κ2) is 7.49. The largest absolute Gasteiger partial charge is 0.361 e. The van der Waals surface area contributed by atoms with E-state index in [1.165, 1.54) is 0 Å². The van der Waals surface area contributed by atoms with Crippen LogP contribution in [0.1, 0.15) is 29.2 Å². The Hall–Kier alpha value is -2.91. The summed E-state index contributed by atoms with van der Waals surface area (Å²) in [7, 11) is -3.33. The van der Waals surface area contributed by atoms with E-state index in [-0.39, 0.29) is 12.1 Å². The molecule has 3 N–H and O–H groups in total. The van der Waals surface area contributed by atoms with E-state index >= 15 is 0 Å². The number of anilines is 2. The molecule has 7 nitrogen and oxygen atoms in total. The number of thiocarbonyl (C=S) groups is 1. The normalized spacial score (nSPS) is 19.2. The lowest BCUT2D eigenvalue weighted by molar-refractivity contribution is 0.558. The molecule has 1 aliphatic rings. The predicted molar refractivity (Wildman–Crippen MR) is 118 cm³/mol. The fourth-order valence-corrected chi connectivity index (χ4v) is 4.46. The number of nitrogens with one attached hydrogen (secondary N) is 3. The highest BCUT2D eigenvalue weighted by atomic mass is 32.2. The van der Waals surface area contributed by atoms with E-state index in [0.717, 1.165) is 29.0 Å². The van der Waals surface area contributed by atoms with Crippen LogP contribution in [0.2, 0.25) is 0 Å². The van der Waals surface area contributed by atoms with Crippen LogP contribution in [0.5, 0.6) is 0 Å². The average Bonchev–Trinajstić information content (AvgIpc) is 3.25. The first-order valence-electron chi connectivity index (χ1n) is 9.06. The maximum Gasteiger partial charge on any atom is 0.229 e. The van der Waals surface area contributed by atoms with E-state index in [4.69, 9.17) is 12.2 Å². The fourth-order valence-electron chi connectivity index (χ4n) is 3.55. The van der Waals surface area contributed by atoms with Crippen molar-refractivity contribution >= 4 is 38.7 Å². The summed E-state index contributed by atoms with van der Waals surface area (Å²) in [5.41, 5.74) is 4.33. The SMILES string of the molecule is Cc1ccc([C@H]2[C@H](c3ccccn3)NC(=S)N2c2ccc(NS(C)(=O)=O)cc2)[nH]1. The van der Waals surface area contributed by atoms with Gasteiger partial charge in [-0.15, -0.1) is 0 Å². The first-order chi connectivity index (χ1) is 13.8. The third-order valence-electron chi connectivity index (χ3n) is 4.72. The Morgan fingerprint density at radius 1 is 1.10 bits per heavy atom. The quantitative estimate of drug-likeness (QED) is 0.542. The summed E-state index contributed by atoms with van der Waals surface area (Å²) in [6.07, 6.45) is 2.90. The lowest BCUT2D eigenvalue weighted by Crippen LogP contribution is -2.29. The van der Waals surface area contributed by atoms with Gasteiger partial charge in [-0.3, -0.25) is 9.71 Å². The number of benzene rings is 1. The molecule has 1 aliphatic heterocycles. The summed E-state index contributed by atoms with van der Waals surface area (Å²) in [5, 5.41) is 3.98. The standard InChI is InChI=1S/C20H21N5O2S2/c1-13-6-11-17(22-13)19-18(16-5-3-4-12-21-16)23-20(28)25(19)15-9-7-14(8-10-15)24-29(2,26)27/h3-12,18-19,22,24H,1-2H3,(H,23,28)/t18-,19-/m0/s1. The number of rotatable bonds is 5. The molecule has 0 amide bonds. The number of nitrogens with zero attached hydrogens (tertiary/aromatic N) is 2. The first-order valence-corrected chi connectivity index (χ1v) is 11.4. The Balaban J connectivity index is 1.73. The van der Waals surface area contributed by atoms with Gasteiger partial charge in [-0.05, 0) is 67.7 Å². The van der Waals surface area contributed by atoms with Gasteiger partial charge in [0.1, 0.15) is 6.04 Å². The van der Waals surface area contributed by atoms with Crippen molar-refractivity contribution in [3.63, 3.8) is 0 Å². The number of aryl methyl sites for hydroxylation is 1. The second-order valence-corrected chi connectivity index (χ2v) is 9.15. The Bertz CT molecular complexity index is 1130. The van der Waals surface area contributed by atoms with Crippen molar-refractivity contribution in [1.29, 1.82) is 0 Å². The molecule has 3 aromatic rings. The highest BCUT2D eigenvalue weighted by Gasteiger charge is 2.41. The zero-order valence-electron chi connectivity index (χ0n) is 16.0. The molecule has 1 saturated heterocycles. The van der Waals surface area contributed by atoms with Gasteiger partial charge < -0.3 is 15.2 Å². The van der Waals surface area contributed by atoms with E-state index < -0.39 is 10.0 Å². The minimum absolute atomic E-state index is 0.125. The molecule has 2 aromatic heterocycles. The van der Waals surface area contributed by atoms with Crippen LogP contribution in [0, 0.1) is 6.92 Å². The third-order valence-corrected chi connectivity index (χ3v) is 5.64. The van der Waals surface area contributed by atoms with E-state index in [1.807, 2.05) is 48.2 Å². The van der Waals surface area contributed by atoms with Gasteiger partial charge in [-0.1, -0.05) is 6.07 Å². The molecule has 0 bridgehead atoms. The minimum Gasteiger partial charge on any atom is -0.361 e. The van der Waals surface area contributed by atoms with Gasteiger partial charge >= 0.3 is 0 Å². The lowest BCUT2D eigenvalue weighted by atomic mass is 10.0. The lowest BCUT2D eigenvalue weighted by Gasteiger charge is -2.27. The first kappa shape index (κ1) is 19.4. The fraction of sp³-hybridized carbons (Fsp3) is 0.200. The van der Waals surface area contributed by atoms with Crippen molar-refractivity contribution in [3.05, 3.63) is 77.9 Å². The molecule has 0 radical (unpaired) electrons. The van der Waals surface area contributed by atoms with Crippen molar-refractivity contribution in [2.75, 3.05) is 15.9 Å². The van der Waals surface area contributed by atoms with Crippen LogP contribution >= 0.6 is 12.2 Å². The molecular weight excluding hydrogens is 406 g/mol. The van der Waals surface area contributed by atoms with Crippen LogP contribution in [0.25, 0.3) is 0 Å². The average molecular weight is 428 g/mol. The Kier molecular flexibility index (Phi) is 5.01. The van der Waals surface area contributed by atoms with Crippen molar-refractivity contribution in [1.82, 2.24) is 15.3 Å². The minimum atomic E-state index is -3.33. The summed E-state index contributed by atoms with van der Waals surface area (Å²) in [6.45, 7) is 2.01. The van der Waals surface area contributed by atoms with Crippen LogP contribution in [0.15, 0.2) is 60.8 Å². The zero-order valence-corrected chi connectivity index (χ0v) is 17.6. The van der Waals surface area contributed by atoms with Gasteiger partial charge in [0.2, 0.25) is 10.0 Å². The molecule has 0 spiro atoms. The van der Waals surface area contributed by atoms with E-state index in [2.05, 4.69) is 26.1 Å². The number of H-pyrrole nitrogens is 1. The number of aromatic amines is 1. The Morgan fingerprint density at radius 3 is 2.45 bits per heavy atom. The van der Waals surface area contributed by atoms with Gasteiger partial charge in [-0.2, -0.15) is 0 Å². The summed E-state index contributed by atoms with van der Waals surface area (Å²) < 4.78 is 25.4. The molecule has 150 valence electrons. The van der Waals surface area contributed by atoms with Gasteiger partial charge in [-0.25, -0.2) is 8.42 Å². The van der Waals surface area contributed by atoms with Crippen LogP contribution in [-0.2, 0) is 10.0 Å². The van der Waals surface area contributed by atoms with Crippen molar-refractivity contribution in [3.8, 4) is 0 Å². The smallest absolute Gasteiger partial charge is 0.229 e. The van der Waals surface area contributed by atoms with Crippen LogP contribution in [0.3, 0.4) is 0 Å². The molecule has 1 fully saturated rings. The van der Waals surface area contributed by atoms with Gasteiger partial charge in [0.15, 0.2) is 5.11 Å². The molecule has 0 unspecified atom stereocenters. The Morgan fingerprint density at radius 2 is 1.86 bits per heavy atom. The maximum atomic E-state index is 11.5. The highest BCUT2D eigenvalue weighted by Crippen LogP contribution is 2.41. The molecule has 3 heterocycles. The van der Waals surface area contributed by atoms with Crippen LogP contribution in [-0.4, -0.2) is 29.8 Å². The second-order valence-electron chi connectivity index (χ2n) is 7.01. The molecule has 29 heavy (non-hydrogen) atoms. The van der Waals surface area contributed by atoms with E-state index in [0.29, 0.717) is 10.8 Å². The van der Waals surface area contributed by atoms with Gasteiger partial charge in [0.05, 0.1) is 18.0 Å². The molecular formula is C20H21N5O2S2. The van der Waals surface area contributed by atoms with Crippen LogP contribution in [0.4, 0.5) is 11.4 Å². The summed E-state index contributed by atoms with van der Waals surface area (Å²) >= 11 is 5.67. The molecule has 0 aliphatic carbocycles. The van der Waals surface area contributed by atoms with Gasteiger partial charge in [0.25, 0.3) is 0 Å². The highest BCUT2D eigenvalue weighted by molar-refractivity contribution is 7.92. The Labute approximate surface area is 175 Å². The van der Waals surface area contributed by atoms with E-state index in [9.17, 15) is 8.42 Å². The topological polar surface area (TPSA) is 90.1 Å². The molecule has 0 saturated carbocycles. The summed E-state index contributed by atoms with van der Waals surface area (Å²) in [6, 6.07) is 16.8. The van der Waals surface area contributed by atoms with Crippen LogP contribution < -0.4 is 14.9 Å². The van der Waals surface area contributed by atoms with E-state index in [1.54, 1.807) is 18.3 Å². The number of hydrogen-bond acceptors (Lipinski definition) is 4. The van der Waals surface area contributed by atoms with Crippen molar-refractivity contribution < 1.29 is 8.42 Å². The monoisotopic (exact) mass is 427 g/mol. The third kappa shape index (κ3) is 4.10. The number of sulfonamides is 1. The molecule has 1 aromatic carbocycles. The predicted octanol–water partition coefficient (Wildman–Crippen LogP) is 3.27. The molecule has 9 heteroatoms. The van der Waals surface area contributed by atoms with Gasteiger partial charge in [0, 0.05) is 29.0 Å². The van der Waals surface area contributed by atoms with Crippen molar-refractivity contribution in [2.24, 2.45) is 0 Å². The van der Waals surface area contributed by atoms with Crippen molar-refractivity contribution in [2.45, 2.75) is 19.0 Å². The number of aromatic nitrogens is 2. The maximum absolute atomic E-state index is 11.5. The molecule has 4 rings (SSSR count).